The number of nitrogens with one attached hydrogen (secondary N) is 1. The number of hydrogen-bond donors (Lipinski definition) is 1. The van der Waals surface area contributed by atoms with Crippen molar-refractivity contribution in [1.29, 1.82) is 0 Å². The Labute approximate surface area is 182 Å². The van der Waals surface area contributed by atoms with E-state index in [1.807, 2.05) is 31.2 Å². The second-order valence-electron chi connectivity index (χ2n) is 7.08. The molecule has 0 spiro atoms. The van der Waals surface area contributed by atoms with Crippen LogP contribution in [-0.4, -0.2) is 25.7 Å². The number of sulfonamides is 1. The van der Waals surface area contributed by atoms with Gasteiger partial charge in [0.25, 0.3) is 5.91 Å². The highest BCUT2D eigenvalue weighted by Gasteiger charge is 2.20. The van der Waals surface area contributed by atoms with Gasteiger partial charge in [-0.3, -0.25) is 4.79 Å². The SMILES string of the molecule is Cc1cccc(CNC(=O)c2ccc(CN(C)S(=O)(=O)c3ccc(Cl)cc3)cc2)c1. The van der Waals surface area contributed by atoms with Gasteiger partial charge >= 0.3 is 0 Å². The number of carbonyl (C=O) groups excluding carboxylic acids is 1. The lowest BCUT2D eigenvalue weighted by Gasteiger charge is -2.17. The van der Waals surface area contributed by atoms with E-state index in [1.165, 1.54) is 23.5 Å². The Morgan fingerprint density at radius 2 is 1.63 bits per heavy atom. The van der Waals surface area contributed by atoms with Crippen LogP contribution in [0.2, 0.25) is 5.02 Å². The Balaban J connectivity index is 1.62. The van der Waals surface area contributed by atoms with Gasteiger partial charge in [-0.15, -0.1) is 0 Å². The van der Waals surface area contributed by atoms with Crippen molar-refractivity contribution in [1.82, 2.24) is 9.62 Å². The minimum atomic E-state index is -3.63. The van der Waals surface area contributed by atoms with E-state index in [-0.39, 0.29) is 17.3 Å². The molecule has 0 bridgehead atoms. The Morgan fingerprint density at radius 1 is 0.967 bits per heavy atom. The molecular weight excluding hydrogens is 420 g/mol. The Morgan fingerprint density at radius 3 is 2.27 bits per heavy atom. The van der Waals surface area contributed by atoms with E-state index < -0.39 is 10.0 Å². The quantitative estimate of drug-likeness (QED) is 0.589. The monoisotopic (exact) mass is 442 g/mol. The van der Waals surface area contributed by atoms with Crippen LogP contribution in [0.15, 0.2) is 77.7 Å². The number of benzene rings is 3. The molecule has 3 aromatic carbocycles. The molecule has 7 heteroatoms. The summed E-state index contributed by atoms with van der Waals surface area (Å²) in [5.41, 5.74) is 3.48. The minimum Gasteiger partial charge on any atom is -0.348 e. The summed E-state index contributed by atoms with van der Waals surface area (Å²) in [5, 5.41) is 3.38. The molecule has 0 aromatic heterocycles. The highest BCUT2D eigenvalue weighted by atomic mass is 35.5. The molecule has 0 heterocycles. The number of amides is 1. The molecule has 156 valence electrons. The van der Waals surface area contributed by atoms with Gasteiger partial charge < -0.3 is 5.32 Å². The molecule has 30 heavy (non-hydrogen) atoms. The Hall–Kier alpha value is -2.67. The van der Waals surface area contributed by atoms with E-state index in [4.69, 9.17) is 11.6 Å². The fraction of sp³-hybridized carbons (Fsp3) is 0.174. The van der Waals surface area contributed by atoms with Crippen LogP contribution in [0.5, 0.6) is 0 Å². The molecule has 3 rings (SSSR count). The number of carbonyl (C=O) groups is 1. The van der Waals surface area contributed by atoms with Crippen molar-refractivity contribution in [2.75, 3.05) is 7.05 Å². The molecule has 0 aliphatic carbocycles. The van der Waals surface area contributed by atoms with Crippen LogP contribution in [0.1, 0.15) is 27.0 Å². The van der Waals surface area contributed by atoms with Crippen molar-refractivity contribution in [2.45, 2.75) is 24.9 Å². The molecule has 5 nitrogen and oxygen atoms in total. The maximum absolute atomic E-state index is 12.7. The first kappa shape index (κ1) is 22.0. The van der Waals surface area contributed by atoms with Gasteiger partial charge in [0.2, 0.25) is 10.0 Å². The summed E-state index contributed by atoms with van der Waals surface area (Å²) in [6.45, 7) is 2.65. The van der Waals surface area contributed by atoms with Gasteiger partial charge in [-0.25, -0.2) is 8.42 Å². The van der Waals surface area contributed by atoms with E-state index in [0.29, 0.717) is 17.1 Å². The van der Waals surface area contributed by atoms with Crippen molar-refractivity contribution >= 4 is 27.5 Å². The van der Waals surface area contributed by atoms with Crippen LogP contribution in [0, 0.1) is 6.92 Å². The van der Waals surface area contributed by atoms with Crippen molar-refractivity contribution < 1.29 is 13.2 Å². The summed E-state index contributed by atoms with van der Waals surface area (Å²) >= 11 is 5.83. The molecule has 0 saturated heterocycles. The summed E-state index contributed by atoms with van der Waals surface area (Å²) in [6.07, 6.45) is 0. The zero-order valence-corrected chi connectivity index (χ0v) is 18.4. The Kier molecular flexibility index (Phi) is 6.92. The number of halogens is 1. The van der Waals surface area contributed by atoms with E-state index >= 15 is 0 Å². The summed E-state index contributed by atoms with van der Waals surface area (Å²) in [5.74, 6) is -0.176. The van der Waals surface area contributed by atoms with Gasteiger partial charge in [0.15, 0.2) is 0 Å². The normalized spacial score (nSPS) is 11.5. The lowest BCUT2D eigenvalue weighted by molar-refractivity contribution is 0.0951. The first-order valence-electron chi connectivity index (χ1n) is 9.40. The van der Waals surface area contributed by atoms with Crippen molar-refractivity contribution in [3.63, 3.8) is 0 Å². The summed E-state index contributed by atoms with van der Waals surface area (Å²) in [6, 6.07) is 20.9. The van der Waals surface area contributed by atoms with Gasteiger partial charge in [0.1, 0.15) is 0 Å². The lowest BCUT2D eigenvalue weighted by Crippen LogP contribution is -2.26. The predicted octanol–water partition coefficient (Wildman–Crippen LogP) is 4.40. The van der Waals surface area contributed by atoms with Gasteiger partial charge in [-0.05, 0) is 54.4 Å². The summed E-state index contributed by atoms with van der Waals surface area (Å²) < 4.78 is 26.6. The van der Waals surface area contributed by atoms with Crippen molar-refractivity contribution in [3.05, 3.63) is 100 Å². The molecule has 0 aliphatic heterocycles. The molecule has 0 radical (unpaired) electrons. The van der Waals surface area contributed by atoms with Crippen LogP contribution >= 0.6 is 11.6 Å². The van der Waals surface area contributed by atoms with E-state index in [0.717, 1.165) is 16.7 Å². The van der Waals surface area contributed by atoms with Crippen LogP contribution in [0.25, 0.3) is 0 Å². The molecule has 0 saturated carbocycles. The Bertz CT molecular complexity index is 1130. The molecule has 1 amide bonds. The average molecular weight is 443 g/mol. The maximum Gasteiger partial charge on any atom is 0.251 e. The average Bonchev–Trinajstić information content (AvgIpc) is 2.73. The molecule has 0 atom stereocenters. The maximum atomic E-state index is 12.7. The predicted molar refractivity (Wildman–Crippen MR) is 119 cm³/mol. The largest absolute Gasteiger partial charge is 0.348 e. The third-order valence-electron chi connectivity index (χ3n) is 4.68. The van der Waals surface area contributed by atoms with E-state index in [9.17, 15) is 13.2 Å². The number of rotatable bonds is 7. The zero-order chi connectivity index (χ0) is 21.7. The van der Waals surface area contributed by atoms with Crippen LogP contribution in [-0.2, 0) is 23.1 Å². The molecule has 3 aromatic rings. The standard InChI is InChI=1S/C23H23ClN2O3S/c1-17-4-3-5-19(14-17)15-25-23(27)20-8-6-18(7-9-20)16-26(2)30(28,29)22-12-10-21(24)11-13-22/h3-14H,15-16H2,1-2H3,(H,25,27). The topological polar surface area (TPSA) is 66.5 Å². The van der Waals surface area contributed by atoms with Crippen LogP contribution < -0.4 is 5.32 Å². The fourth-order valence-corrected chi connectivity index (χ4v) is 4.28. The third-order valence-corrected chi connectivity index (χ3v) is 6.75. The highest BCUT2D eigenvalue weighted by molar-refractivity contribution is 7.89. The number of hydrogen-bond acceptors (Lipinski definition) is 3. The summed E-state index contributed by atoms with van der Waals surface area (Å²) in [7, 11) is -2.11. The zero-order valence-electron chi connectivity index (χ0n) is 16.8. The molecular formula is C23H23ClN2O3S. The summed E-state index contributed by atoms with van der Waals surface area (Å²) in [4.78, 5) is 12.6. The van der Waals surface area contributed by atoms with Crippen molar-refractivity contribution in [2.24, 2.45) is 0 Å². The highest BCUT2D eigenvalue weighted by Crippen LogP contribution is 2.19. The molecule has 0 unspecified atom stereocenters. The molecule has 0 aliphatic rings. The van der Waals surface area contributed by atoms with Gasteiger partial charge in [-0.2, -0.15) is 4.31 Å². The van der Waals surface area contributed by atoms with Gasteiger partial charge in [0, 0.05) is 30.7 Å². The molecule has 0 fully saturated rings. The number of aryl methyl sites for hydroxylation is 1. The smallest absolute Gasteiger partial charge is 0.251 e. The van der Waals surface area contributed by atoms with Gasteiger partial charge in [-0.1, -0.05) is 53.6 Å². The lowest BCUT2D eigenvalue weighted by atomic mass is 10.1. The van der Waals surface area contributed by atoms with Crippen LogP contribution in [0.4, 0.5) is 0 Å². The first-order chi connectivity index (χ1) is 14.3. The van der Waals surface area contributed by atoms with Crippen molar-refractivity contribution in [3.8, 4) is 0 Å². The minimum absolute atomic E-state index is 0.176. The van der Waals surface area contributed by atoms with E-state index in [1.54, 1.807) is 36.4 Å². The first-order valence-corrected chi connectivity index (χ1v) is 11.2. The molecule has 1 N–H and O–H groups in total. The van der Waals surface area contributed by atoms with Crippen LogP contribution in [0.3, 0.4) is 0 Å². The second-order valence-corrected chi connectivity index (χ2v) is 9.56. The second kappa shape index (κ2) is 9.43. The third kappa shape index (κ3) is 5.48. The number of nitrogens with zero attached hydrogens (tertiary/aromatic N) is 1. The van der Waals surface area contributed by atoms with Gasteiger partial charge in [0.05, 0.1) is 4.90 Å². The van der Waals surface area contributed by atoms with E-state index in [2.05, 4.69) is 5.32 Å². The fourth-order valence-electron chi connectivity index (χ4n) is 3.00.